The molecule has 0 fully saturated rings. The van der Waals surface area contributed by atoms with E-state index in [0.717, 1.165) is 16.1 Å². The van der Waals surface area contributed by atoms with Gasteiger partial charge in [-0.3, -0.25) is 14.2 Å². The first-order valence-electron chi connectivity index (χ1n) is 7.30. The summed E-state index contributed by atoms with van der Waals surface area (Å²) in [6, 6.07) is 1.85. The van der Waals surface area contributed by atoms with E-state index in [-0.39, 0.29) is 18.7 Å². The summed E-state index contributed by atoms with van der Waals surface area (Å²) < 4.78 is 11.5. The highest BCUT2D eigenvalue weighted by Gasteiger charge is 2.14. The van der Waals surface area contributed by atoms with E-state index in [1.807, 2.05) is 19.9 Å². The summed E-state index contributed by atoms with van der Waals surface area (Å²) in [5, 5.41) is 0.564. The van der Waals surface area contributed by atoms with Gasteiger partial charge in [-0.1, -0.05) is 6.92 Å². The molecule has 0 radical (unpaired) electrons. The van der Waals surface area contributed by atoms with Crippen LogP contribution >= 0.6 is 11.3 Å². The summed E-state index contributed by atoms with van der Waals surface area (Å²) in [6.07, 6.45) is 0.860. The Kier molecular flexibility index (Phi) is 5.68. The second-order valence-electron chi connectivity index (χ2n) is 4.75. The lowest BCUT2D eigenvalue weighted by molar-refractivity contribution is -0.146. The number of ether oxygens (including phenoxy) is 2. The highest BCUT2D eigenvalue weighted by molar-refractivity contribution is 7.18. The van der Waals surface area contributed by atoms with Crippen molar-refractivity contribution < 1.29 is 14.3 Å². The molecule has 120 valence electrons. The minimum absolute atomic E-state index is 0.128. The molecule has 0 aliphatic rings. The number of aryl methyl sites for hydroxylation is 2. The van der Waals surface area contributed by atoms with Gasteiger partial charge >= 0.3 is 5.97 Å². The maximum Gasteiger partial charge on any atom is 0.326 e. The van der Waals surface area contributed by atoms with Gasteiger partial charge in [0, 0.05) is 11.5 Å². The molecule has 0 spiro atoms. The fraction of sp³-hybridized carbons (Fsp3) is 0.533. The predicted octanol–water partition coefficient (Wildman–Crippen LogP) is 1.91. The van der Waals surface area contributed by atoms with Crippen LogP contribution in [0.2, 0.25) is 0 Å². The van der Waals surface area contributed by atoms with Crippen LogP contribution in [0.4, 0.5) is 0 Å². The topological polar surface area (TPSA) is 70.4 Å². The number of thiophene rings is 1. The number of carbonyl (C=O) groups excluding carboxylic acids is 1. The highest BCUT2D eigenvalue weighted by Crippen LogP contribution is 2.21. The Morgan fingerprint density at radius 2 is 2.14 bits per heavy atom. The zero-order chi connectivity index (χ0) is 16.1. The van der Waals surface area contributed by atoms with Crippen molar-refractivity contribution in [3.05, 3.63) is 27.1 Å². The number of nitrogens with zero attached hydrogens (tertiary/aromatic N) is 2. The molecular formula is C15H20N2O4S. The van der Waals surface area contributed by atoms with E-state index in [9.17, 15) is 9.59 Å². The molecule has 22 heavy (non-hydrogen) atoms. The van der Waals surface area contributed by atoms with E-state index in [4.69, 9.17) is 9.47 Å². The molecule has 0 aliphatic heterocycles. The highest BCUT2D eigenvalue weighted by atomic mass is 32.1. The first kappa shape index (κ1) is 16.6. The van der Waals surface area contributed by atoms with E-state index in [2.05, 4.69) is 4.98 Å². The average Bonchev–Trinajstić information content (AvgIpc) is 2.91. The number of rotatable bonds is 7. The van der Waals surface area contributed by atoms with Gasteiger partial charge in [0.1, 0.15) is 23.8 Å². The van der Waals surface area contributed by atoms with Crippen molar-refractivity contribution in [2.24, 2.45) is 0 Å². The van der Waals surface area contributed by atoms with Gasteiger partial charge in [0.2, 0.25) is 0 Å². The summed E-state index contributed by atoms with van der Waals surface area (Å²) in [5.74, 6) is 0.0563. The lowest BCUT2D eigenvalue weighted by Gasteiger charge is -2.09. The van der Waals surface area contributed by atoms with Crippen LogP contribution < -0.4 is 5.56 Å². The molecule has 0 amide bonds. The monoisotopic (exact) mass is 324 g/mol. The SMILES string of the molecule is CCOCCOC(=O)Cn1c(C)nc2sc(CC)cc2c1=O. The minimum atomic E-state index is -0.461. The van der Waals surface area contributed by atoms with Gasteiger partial charge in [-0.25, -0.2) is 4.98 Å². The van der Waals surface area contributed by atoms with Gasteiger partial charge in [0.15, 0.2) is 0 Å². The maximum atomic E-state index is 12.5. The van der Waals surface area contributed by atoms with Crippen molar-refractivity contribution in [2.45, 2.75) is 33.7 Å². The minimum Gasteiger partial charge on any atom is -0.462 e. The zero-order valence-corrected chi connectivity index (χ0v) is 13.9. The standard InChI is InChI=1S/C15H20N2O4S/c1-4-11-8-12-14(22-11)16-10(3)17(15(12)19)9-13(18)21-7-6-20-5-2/h8H,4-7,9H2,1-3H3. The second kappa shape index (κ2) is 7.51. The van der Waals surface area contributed by atoms with Crippen LogP contribution in [0.25, 0.3) is 10.2 Å². The van der Waals surface area contributed by atoms with E-state index in [1.165, 1.54) is 15.9 Å². The molecule has 6 nitrogen and oxygen atoms in total. The molecule has 0 aliphatic carbocycles. The van der Waals surface area contributed by atoms with Gasteiger partial charge < -0.3 is 9.47 Å². The molecule has 0 unspecified atom stereocenters. The number of carbonyl (C=O) groups is 1. The smallest absolute Gasteiger partial charge is 0.326 e. The van der Waals surface area contributed by atoms with Crippen LogP contribution in [-0.4, -0.2) is 35.3 Å². The van der Waals surface area contributed by atoms with Crippen LogP contribution in [0.5, 0.6) is 0 Å². The number of esters is 1. The van der Waals surface area contributed by atoms with E-state index < -0.39 is 5.97 Å². The van der Waals surface area contributed by atoms with Crippen molar-refractivity contribution in [1.82, 2.24) is 9.55 Å². The normalized spacial score (nSPS) is 11.0. The van der Waals surface area contributed by atoms with E-state index >= 15 is 0 Å². The Balaban J connectivity index is 2.17. The molecule has 0 saturated heterocycles. The third kappa shape index (κ3) is 3.72. The van der Waals surface area contributed by atoms with Gasteiger partial charge in [0.05, 0.1) is 12.0 Å². The van der Waals surface area contributed by atoms with E-state index in [1.54, 1.807) is 6.92 Å². The third-order valence-corrected chi connectivity index (χ3v) is 4.40. The summed E-state index contributed by atoms with van der Waals surface area (Å²) in [6.45, 7) is 6.63. The fourth-order valence-corrected chi connectivity index (χ4v) is 3.06. The van der Waals surface area contributed by atoms with Crippen LogP contribution in [0.3, 0.4) is 0 Å². The predicted molar refractivity (Wildman–Crippen MR) is 85.4 cm³/mol. The Hall–Kier alpha value is -1.73. The Morgan fingerprint density at radius 3 is 2.82 bits per heavy atom. The van der Waals surface area contributed by atoms with E-state index in [0.29, 0.717) is 24.4 Å². The zero-order valence-electron chi connectivity index (χ0n) is 13.0. The molecule has 2 rings (SSSR count). The largest absolute Gasteiger partial charge is 0.462 e. The number of fused-ring (bicyclic) bond motifs is 1. The fourth-order valence-electron chi connectivity index (χ4n) is 2.06. The molecule has 2 heterocycles. The molecule has 0 bridgehead atoms. The summed E-state index contributed by atoms with van der Waals surface area (Å²) in [5.41, 5.74) is -0.194. The molecule has 0 N–H and O–H groups in total. The number of hydrogen-bond donors (Lipinski definition) is 0. The molecule has 0 atom stereocenters. The maximum absolute atomic E-state index is 12.5. The van der Waals surface area contributed by atoms with Crippen LogP contribution in [0.15, 0.2) is 10.9 Å². The lowest BCUT2D eigenvalue weighted by atomic mass is 10.3. The van der Waals surface area contributed by atoms with Crippen molar-refractivity contribution in [1.29, 1.82) is 0 Å². The lowest BCUT2D eigenvalue weighted by Crippen LogP contribution is -2.28. The Labute approximate surface area is 132 Å². The quantitative estimate of drug-likeness (QED) is 0.575. The van der Waals surface area contributed by atoms with Gasteiger partial charge in [0.25, 0.3) is 5.56 Å². The molecule has 0 saturated carbocycles. The Morgan fingerprint density at radius 1 is 1.36 bits per heavy atom. The second-order valence-corrected chi connectivity index (χ2v) is 5.87. The summed E-state index contributed by atoms with van der Waals surface area (Å²) in [4.78, 5) is 30.5. The molecule has 2 aromatic rings. The van der Waals surface area contributed by atoms with Crippen molar-refractivity contribution >= 4 is 27.5 Å². The van der Waals surface area contributed by atoms with Gasteiger partial charge in [-0.05, 0) is 26.3 Å². The Bertz CT molecular complexity index is 720. The number of aromatic nitrogens is 2. The van der Waals surface area contributed by atoms with Crippen molar-refractivity contribution in [3.63, 3.8) is 0 Å². The molecule has 2 aromatic heterocycles. The summed E-state index contributed by atoms with van der Waals surface area (Å²) >= 11 is 1.52. The summed E-state index contributed by atoms with van der Waals surface area (Å²) in [7, 11) is 0. The number of hydrogen-bond acceptors (Lipinski definition) is 6. The third-order valence-electron chi connectivity index (χ3n) is 3.22. The molecule has 0 aromatic carbocycles. The average molecular weight is 324 g/mol. The van der Waals surface area contributed by atoms with Crippen LogP contribution in [0.1, 0.15) is 24.5 Å². The molecule has 7 heteroatoms. The van der Waals surface area contributed by atoms with Gasteiger partial charge in [-0.15, -0.1) is 11.3 Å². The molecular weight excluding hydrogens is 304 g/mol. The van der Waals surface area contributed by atoms with Crippen LogP contribution in [0, 0.1) is 6.92 Å². The first-order chi connectivity index (χ1) is 10.6. The van der Waals surface area contributed by atoms with Crippen molar-refractivity contribution in [2.75, 3.05) is 19.8 Å². The first-order valence-corrected chi connectivity index (χ1v) is 8.11. The van der Waals surface area contributed by atoms with Gasteiger partial charge in [-0.2, -0.15) is 0 Å². The van der Waals surface area contributed by atoms with Crippen LogP contribution in [-0.2, 0) is 27.2 Å². The van der Waals surface area contributed by atoms with Crippen molar-refractivity contribution in [3.8, 4) is 0 Å².